The van der Waals surface area contributed by atoms with Crippen LogP contribution in [0.4, 0.5) is 0 Å². The van der Waals surface area contributed by atoms with E-state index in [0.29, 0.717) is 11.8 Å². The smallest absolute Gasteiger partial charge is 0.323 e. The number of rotatable bonds is 6. The predicted octanol–water partition coefficient (Wildman–Crippen LogP) is 2.36. The Hall–Kier alpha value is -0.620. The molecule has 0 bridgehead atoms. The molecule has 20 heavy (non-hydrogen) atoms. The summed E-state index contributed by atoms with van der Waals surface area (Å²) in [6.07, 6.45) is 2.47. The molecule has 0 N–H and O–H groups in total. The number of hydrogen-bond acceptors (Lipinski definition) is 5. The minimum Gasteiger partial charge on any atom is -0.465 e. The van der Waals surface area contributed by atoms with E-state index in [1.165, 1.54) is 0 Å². The number of ether oxygens (including phenoxy) is 1. The average Bonchev–Trinajstić information content (AvgIpc) is 2.26. The van der Waals surface area contributed by atoms with Gasteiger partial charge in [0.25, 0.3) is 10.1 Å². The van der Waals surface area contributed by atoms with Gasteiger partial charge in [0.15, 0.2) is 5.75 Å². The fourth-order valence-corrected chi connectivity index (χ4v) is 3.83. The zero-order valence-corrected chi connectivity index (χ0v) is 13.6. The van der Waals surface area contributed by atoms with Gasteiger partial charge in [-0.2, -0.15) is 8.42 Å². The second-order valence-corrected chi connectivity index (χ2v) is 7.56. The molecule has 1 rings (SSSR count). The summed E-state index contributed by atoms with van der Waals surface area (Å²) in [5.41, 5.74) is 0. The Kier molecular flexibility index (Phi) is 6.45. The molecular weight excluding hydrogens is 280 g/mol. The van der Waals surface area contributed by atoms with Crippen LogP contribution in [0, 0.1) is 17.8 Å². The number of hydrogen-bond donors (Lipinski definition) is 0. The van der Waals surface area contributed by atoms with E-state index in [-0.39, 0.29) is 18.6 Å². The molecule has 0 aliphatic heterocycles. The fourth-order valence-electron chi connectivity index (χ4n) is 2.79. The Morgan fingerprint density at radius 3 is 2.50 bits per heavy atom. The van der Waals surface area contributed by atoms with E-state index in [2.05, 4.69) is 25.5 Å². The normalized spacial score (nSPS) is 27.6. The van der Waals surface area contributed by atoms with Gasteiger partial charge in [0, 0.05) is 0 Å². The van der Waals surface area contributed by atoms with Crippen molar-refractivity contribution < 1.29 is 22.1 Å². The van der Waals surface area contributed by atoms with Crippen LogP contribution in [0.5, 0.6) is 0 Å². The molecule has 0 heterocycles. The van der Waals surface area contributed by atoms with Crippen molar-refractivity contribution in [2.45, 2.75) is 53.1 Å². The SMILES string of the molecule is CCOC(=O)CS(=O)(=O)O[C@@H]1C[C@H](C)CC[C@H]1C(C)C. The van der Waals surface area contributed by atoms with Crippen molar-refractivity contribution in [2.75, 3.05) is 12.4 Å². The average molecular weight is 306 g/mol. The van der Waals surface area contributed by atoms with Crippen molar-refractivity contribution in [2.24, 2.45) is 17.8 Å². The van der Waals surface area contributed by atoms with Crippen LogP contribution in [0.1, 0.15) is 47.0 Å². The summed E-state index contributed by atoms with van der Waals surface area (Å²) in [7, 11) is -3.87. The minimum atomic E-state index is -3.87. The molecule has 1 fully saturated rings. The molecule has 0 spiro atoms. The van der Waals surface area contributed by atoms with Crippen LogP contribution >= 0.6 is 0 Å². The van der Waals surface area contributed by atoms with E-state index < -0.39 is 21.8 Å². The Morgan fingerprint density at radius 2 is 1.95 bits per heavy atom. The second-order valence-electron chi connectivity index (χ2n) is 5.97. The lowest BCUT2D eigenvalue weighted by Gasteiger charge is -2.36. The van der Waals surface area contributed by atoms with E-state index in [1.54, 1.807) is 6.92 Å². The minimum absolute atomic E-state index is 0.170. The maximum absolute atomic E-state index is 11.9. The highest BCUT2D eigenvalue weighted by atomic mass is 32.2. The van der Waals surface area contributed by atoms with Crippen LogP contribution < -0.4 is 0 Å². The molecule has 0 saturated heterocycles. The van der Waals surface area contributed by atoms with Crippen molar-refractivity contribution in [3.63, 3.8) is 0 Å². The molecule has 0 radical (unpaired) electrons. The molecule has 1 aliphatic carbocycles. The molecular formula is C14H26O5S. The summed E-state index contributed by atoms with van der Waals surface area (Å²) in [6, 6.07) is 0. The lowest BCUT2D eigenvalue weighted by Crippen LogP contribution is -2.37. The van der Waals surface area contributed by atoms with E-state index in [1.807, 2.05) is 0 Å². The molecule has 0 aromatic rings. The number of carbonyl (C=O) groups excluding carboxylic acids is 1. The fraction of sp³-hybridized carbons (Fsp3) is 0.929. The first kappa shape index (κ1) is 17.4. The van der Waals surface area contributed by atoms with Crippen molar-refractivity contribution in [1.29, 1.82) is 0 Å². The lowest BCUT2D eigenvalue weighted by atomic mass is 9.75. The number of esters is 1. The van der Waals surface area contributed by atoms with Crippen LogP contribution in [0.3, 0.4) is 0 Å². The van der Waals surface area contributed by atoms with E-state index >= 15 is 0 Å². The maximum Gasteiger partial charge on any atom is 0.323 e. The molecule has 6 heteroatoms. The highest BCUT2D eigenvalue weighted by Crippen LogP contribution is 2.36. The van der Waals surface area contributed by atoms with Gasteiger partial charge in [0.05, 0.1) is 12.7 Å². The summed E-state index contributed by atoms with van der Waals surface area (Å²) in [5.74, 6) is -0.407. The molecule has 3 atom stereocenters. The van der Waals surface area contributed by atoms with Crippen LogP contribution in [0.2, 0.25) is 0 Å². The van der Waals surface area contributed by atoms with Gasteiger partial charge in [-0.1, -0.05) is 27.2 Å². The summed E-state index contributed by atoms with van der Waals surface area (Å²) in [6.45, 7) is 8.07. The van der Waals surface area contributed by atoms with Crippen molar-refractivity contribution in [1.82, 2.24) is 0 Å². The van der Waals surface area contributed by atoms with E-state index in [4.69, 9.17) is 4.18 Å². The molecule has 5 nitrogen and oxygen atoms in total. The first-order valence-corrected chi connectivity index (χ1v) is 8.89. The Bertz CT molecular complexity index is 415. The van der Waals surface area contributed by atoms with Gasteiger partial charge in [-0.25, -0.2) is 0 Å². The zero-order chi connectivity index (χ0) is 15.3. The van der Waals surface area contributed by atoms with Gasteiger partial charge in [-0.3, -0.25) is 8.98 Å². The van der Waals surface area contributed by atoms with E-state index in [9.17, 15) is 13.2 Å². The van der Waals surface area contributed by atoms with Gasteiger partial charge in [-0.05, 0) is 37.5 Å². The molecule has 118 valence electrons. The lowest BCUT2D eigenvalue weighted by molar-refractivity contribution is -0.140. The highest BCUT2D eigenvalue weighted by molar-refractivity contribution is 7.87. The van der Waals surface area contributed by atoms with Crippen LogP contribution in [-0.2, 0) is 23.8 Å². The molecule has 0 unspecified atom stereocenters. The molecule has 0 aromatic heterocycles. The third kappa shape index (κ3) is 5.40. The quantitative estimate of drug-likeness (QED) is 0.556. The Balaban J connectivity index is 2.69. The van der Waals surface area contributed by atoms with Crippen LogP contribution in [0.15, 0.2) is 0 Å². The monoisotopic (exact) mass is 306 g/mol. The highest BCUT2D eigenvalue weighted by Gasteiger charge is 2.35. The first-order valence-electron chi connectivity index (χ1n) is 7.31. The summed E-state index contributed by atoms with van der Waals surface area (Å²) in [5, 5.41) is 0. The van der Waals surface area contributed by atoms with Crippen molar-refractivity contribution in [3.05, 3.63) is 0 Å². The van der Waals surface area contributed by atoms with Crippen LogP contribution in [-0.4, -0.2) is 32.9 Å². The van der Waals surface area contributed by atoms with Crippen LogP contribution in [0.25, 0.3) is 0 Å². The van der Waals surface area contributed by atoms with Crippen molar-refractivity contribution in [3.8, 4) is 0 Å². The predicted molar refractivity (Wildman–Crippen MR) is 76.6 cm³/mol. The topological polar surface area (TPSA) is 69.7 Å². The van der Waals surface area contributed by atoms with Gasteiger partial charge < -0.3 is 4.74 Å². The largest absolute Gasteiger partial charge is 0.465 e. The number of carbonyl (C=O) groups is 1. The Morgan fingerprint density at radius 1 is 1.30 bits per heavy atom. The molecule has 0 aromatic carbocycles. The van der Waals surface area contributed by atoms with Gasteiger partial charge in [-0.15, -0.1) is 0 Å². The van der Waals surface area contributed by atoms with Crippen molar-refractivity contribution >= 4 is 16.1 Å². The summed E-state index contributed by atoms with van der Waals surface area (Å²) < 4.78 is 33.8. The first-order chi connectivity index (χ1) is 9.25. The van der Waals surface area contributed by atoms with Gasteiger partial charge >= 0.3 is 5.97 Å². The zero-order valence-electron chi connectivity index (χ0n) is 12.8. The second kappa shape index (κ2) is 7.41. The molecule has 1 aliphatic rings. The molecule has 1 saturated carbocycles. The summed E-state index contributed by atoms with van der Waals surface area (Å²) in [4.78, 5) is 11.3. The van der Waals surface area contributed by atoms with Gasteiger partial charge in [0.2, 0.25) is 0 Å². The van der Waals surface area contributed by atoms with E-state index in [0.717, 1.165) is 19.3 Å². The molecule has 0 amide bonds. The van der Waals surface area contributed by atoms with Gasteiger partial charge in [0.1, 0.15) is 0 Å². The summed E-state index contributed by atoms with van der Waals surface area (Å²) >= 11 is 0. The maximum atomic E-state index is 11.9. The third-order valence-electron chi connectivity index (χ3n) is 3.83. The standard InChI is InChI=1S/C14H26O5S/c1-5-18-14(15)9-20(16,17)19-13-8-11(4)6-7-12(13)10(2)3/h10-13H,5-9H2,1-4H3/t11-,12+,13-/m1/s1. The third-order valence-corrected chi connectivity index (χ3v) is 4.96. The Labute approximate surface area is 122 Å².